The quantitative estimate of drug-likeness (QED) is 0.508. The molecule has 3 heterocycles. The molecule has 1 unspecified atom stereocenters. The normalized spacial score (nSPS) is 20.4. The van der Waals surface area contributed by atoms with Crippen LogP contribution in [0.15, 0.2) is 53.1 Å². The number of fused-ring (bicyclic) bond motifs is 3. The molecule has 1 aromatic heterocycles. The highest BCUT2D eigenvalue weighted by atomic mass is 16.6. The Balaban J connectivity index is 1.20. The standard InChI is InChI=1S/C23H24BNO7/c26-22(25-21(24(27)28)10-16-12-30-20-4-2-1-3-18(16)20)31-11-15-5-6-19-17(9-15)13-32-23(19)7-8-29-14-23/h1-6,9,12,21,27-28H,7-8,10-11,13-14H2,(H,25,26)/t21-,23?/m0/s1. The molecule has 3 aromatic rings. The van der Waals surface area contributed by atoms with Crippen LogP contribution in [-0.4, -0.2) is 42.4 Å². The largest absolute Gasteiger partial charge is 0.475 e. The van der Waals surface area contributed by atoms with E-state index in [1.54, 1.807) is 6.26 Å². The number of hydrogen-bond donors (Lipinski definition) is 3. The van der Waals surface area contributed by atoms with Crippen molar-refractivity contribution in [3.8, 4) is 0 Å². The second-order valence-electron chi connectivity index (χ2n) is 8.28. The first-order valence-corrected chi connectivity index (χ1v) is 10.6. The molecule has 8 nitrogen and oxygen atoms in total. The van der Waals surface area contributed by atoms with Crippen molar-refractivity contribution in [2.24, 2.45) is 0 Å². The van der Waals surface area contributed by atoms with Crippen molar-refractivity contribution in [3.05, 3.63) is 71.0 Å². The minimum atomic E-state index is -1.75. The fourth-order valence-corrected chi connectivity index (χ4v) is 4.47. The molecule has 2 aliphatic heterocycles. The van der Waals surface area contributed by atoms with E-state index in [-0.39, 0.29) is 18.6 Å². The Morgan fingerprint density at radius 1 is 1.25 bits per heavy atom. The molecular formula is C23H24BNO7. The molecule has 0 saturated carbocycles. The van der Waals surface area contributed by atoms with Crippen LogP contribution in [-0.2, 0) is 39.4 Å². The Kier molecular flexibility index (Phi) is 5.65. The van der Waals surface area contributed by atoms with E-state index in [9.17, 15) is 14.8 Å². The number of carbonyl (C=O) groups is 1. The smallest absolute Gasteiger partial charge is 0.464 e. The first-order chi connectivity index (χ1) is 15.5. The molecule has 3 N–H and O–H groups in total. The summed E-state index contributed by atoms with van der Waals surface area (Å²) in [4.78, 5) is 12.3. The van der Waals surface area contributed by atoms with E-state index in [4.69, 9.17) is 18.6 Å². The van der Waals surface area contributed by atoms with E-state index >= 15 is 0 Å². The molecular weight excluding hydrogens is 413 g/mol. The summed E-state index contributed by atoms with van der Waals surface area (Å²) < 4.78 is 22.3. The average Bonchev–Trinajstić information content (AvgIpc) is 3.52. The first kappa shape index (κ1) is 21.0. The molecule has 1 amide bonds. The van der Waals surface area contributed by atoms with Crippen LogP contribution in [0.4, 0.5) is 4.79 Å². The maximum absolute atomic E-state index is 12.3. The number of para-hydroxylation sites is 1. The maximum Gasteiger partial charge on any atom is 0.475 e. The van der Waals surface area contributed by atoms with Crippen LogP contribution in [0, 0.1) is 0 Å². The van der Waals surface area contributed by atoms with Crippen LogP contribution in [0.2, 0.25) is 0 Å². The molecule has 5 rings (SSSR count). The molecule has 0 aliphatic carbocycles. The van der Waals surface area contributed by atoms with Gasteiger partial charge in [0, 0.05) is 18.4 Å². The monoisotopic (exact) mass is 437 g/mol. The van der Waals surface area contributed by atoms with Gasteiger partial charge in [-0.15, -0.1) is 0 Å². The molecule has 166 valence electrons. The number of benzene rings is 2. The van der Waals surface area contributed by atoms with Crippen molar-refractivity contribution < 1.29 is 33.5 Å². The van der Waals surface area contributed by atoms with Gasteiger partial charge >= 0.3 is 13.2 Å². The molecule has 1 spiro atoms. The Labute approximate surface area is 185 Å². The second-order valence-corrected chi connectivity index (χ2v) is 8.28. The van der Waals surface area contributed by atoms with Gasteiger partial charge in [0.1, 0.15) is 17.8 Å². The lowest BCUT2D eigenvalue weighted by Gasteiger charge is -2.21. The fourth-order valence-electron chi connectivity index (χ4n) is 4.47. The lowest BCUT2D eigenvalue weighted by molar-refractivity contribution is -0.0421. The minimum absolute atomic E-state index is 0.0610. The van der Waals surface area contributed by atoms with Crippen LogP contribution < -0.4 is 5.32 Å². The van der Waals surface area contributed by atoms with Gasteiger partial charge < -0.3 is 34.0 Å². The fraction of sp³-hybridized carbons (Fsp3) is 0.348. The highest BCUT2D eigenvalue weighted by Crippen LogP contribution is 2.42. The molecule has 1 saturated heterocycles. The highest BCUT2D eigenvalue weighted by Gasteiger charge is 2.43. The first-order valence-electron chi connectivity index (χ1n) is 10.6. The van der Waals surface area contributed by atoms with Gasteiger partial charge in [-0.2, -0.15) is 0 Å². The van der Waals surface area contributed by atoms with E-state index in [2.05, 4.69) is 5.32 Å². The number of nitrogens with one attached hydrogen (secondary N) is 1. The second kappa shape index (κ2) is 8.59. The topological polar surface area (TPSA) is 110 Å². The molecule has 2 aliphatic rings. The molecule has 1 fully saturated rings. The summed E-state index contributed by atoms with van der Waals surface area (Å²) in [6.45, 7) is 1.83. The zero-order valence-electron chi connectivity index (χ0n) is 17.5. The third-order valence-corrected chi connectivity index (χ3v) is 6.18. The van der Waals surface area contributed by atoms with E-state index < -0.39 is 19.2 Å². The van der Waals surface area contributed by atoms with Crippen molar-refractivity contribution in [1.29, 1.82) is 0 Å². The number of furan rings is 1. The molecule has 32 heavy (non-hydrogen) atoms. The van der Waals surface area contributed by atoms with Gasteiger partial charge in [0.2, 0.25) is 0 Å². The van der Waals surface area contributed by atoms with Gasteiger partial charge in [0.15, 0.2) is 0 Å². The van der Waals surface area contributed by atoms with Gasteiger partial charge in [-0.1, -0.05) is 30.3 Å². The predicted molar refractivity (Wildman–Crippen MR) is 116 cm³/mol. The van der Waals surface area contributed by atoms with Crippen LogP contribution in [0.3, 0.4) is 0 Å². The Morgan fingerprint density at radius 3 is 2.94 bits per heavy atom. The van der Waals surface area contributed by atoms with Gasteiger partial charge in [-0.25, -0.2) is 4.79 Å². The van der Waals surface area contributed by atoms with Crippen LogP contribution >= 0.6 is 0 Å². The van der Waals surface area contributed by atoms with Crippen molar-refractivity contribution in [2.75, 3.05) is 13.2 Å². The Morgan fingerprint density at radius 2 is 2.12 bits per heavy atom. The highest BCUT2D eigenvalue weighted by molar-refractivity contribution is 6.43. The van der Waals surface area contributed by atoms with Gasteiger partial charge in [0.05, 0.1) is 25.4 Å². The van der Waals surface area contributed by atoms with Crippen molar-refractivity contribution in [2.45, 2.75) is 37.6 Å². The summed E-state index contributed by atoms with van der Waals surface area (Å²) >= 11 is 0. The zero-order valence-corrected chi connectivity index (χ0v) is 17.5. The van der Waals surface area contributed by atoms with Crippen molar-refractivity contribution in [3.63, 3.8) is 0 Å². The molecule has 2 atom stereocenters. The summed E-state index contributed by atoms with van der Waals surface area (Å²) in [7, 11) is -1.75. The summed E-state index contributed by atoms with van der Waals surface area (Å²) in [5.41, 5.74) is 4.17. The number of rotatable bonds is 6. The lowest BCUT2D eigenvalue weighted by Crippen LogP contribution is -2.48. The third-order valence-electron chi connectivity index (χ3n) is 6.18. The molecule has 9 heteroatoms. The summed E-state index contributed by atoms with van der Waals surface area (Å²) in [5, 5.41) is 22.9. The third kappa shape index (κ3) is 4.00. The number of ether oxygens (including phenoxy) is 3. The number of carbonyl (C=O) groups excluding carboxylic acids is 1. The molecule has 0 bridgehead atoms. The summed E-state index contributed by atoms with van der Waals surface area (Å²) in [6.07, 6.45) is 1.86. The number of alkyl carbamates (subject to hydrolysis) is 1. The van der Waals surface area contributed by atoms with Gasteiger partial charge in [-0.05, 0) is 40.8 Å². The average molecular weight is 437 g/mol. The SMILES string of the molecule is O=C(N[C@@H](Cc1coc2ccccc12)B(O)O)OCc1ccc2c(c1)COC21CCOC1. The lowest BCUT2D eigenvalue weighted by atomic mass is 9.76. The van der Waals surface area contributed by atoms with E-state index in [1.807, 2.05) is 42.5 Å². The van der Waals surface area contributed by atoms with E-state index in [0.717, 1.165) is 34.1 Å². The maximum atomic E-state index is 12.3. The Bertz CT molecular complexity index is 1120. The Hall–Kier alpha value is -2.85. The molecule has 0 radical (unpaired) electrons. The minimum Gasteiger partial charge on any atom is -0.464 e. The van der Waals surface area contributed by atoms with Gasteiger partial charge in [0.25, 0.3) is 0 Å². The van der Waals surface area contributed by atoms with Crippen molar-refractivity contribution in [1.82, 2.24) is 5.32 Å². The predicted octanol–water partition coefficient (Wildman–Crippen LogP) is 2.43. The van der Waals surface area contributed by atoms with Crippen LogP contribution in [0.25, 0.3) is 11.0 Å². The van der Waals surface area contributed by atoms with E-state index in [1.165, 1.54) is 0 Å². The molecule has 2 aromatic carbocycles. The van der Waals surface area contributed by atoms with Crippen LogP contribution in [0.5, 0.6) is 0 Å². The summed E-state index contributed by atoms with van der Waals surface area (Å²) in [5.74, 6) is -0.945. The van der Waals surface area contributed by atoms with Gasteiger partial charge in [-0.3, -0.25) is 0 Å². The number of amides is 1. The zero-order chi connectivity index (χ0) is 22.1. The van der Waals surface area contributed by atoms with Crippen molar-refractivity contribution >= 4 is 24.2 Å². The van der Waals surface area contributed by atoms with Crippen LogP contribution in [0.1, 0.15) is 28.7 Å². The van der Waals surface area contributed by atoms with E-state index in [0.29, 0.717) is 25.4 Å². The number of hydrogen-bond acceptors (Lipinski definition) is 7. The summed E-state index contributed by atoms with van der Waals surface area (Å²) in [6, 6.07) is 13.3.